The van der Waals surface area contributed by atoms with Gasteiger partial charge in [-0.1, -0.05) is 11.6 Å². The first kappa shape index (κ1) is 5.13. The van der Waals surface area contributed by atoms with Gasteiger partial charge in [-0.25, -0.2) is 0 Å². The van der Waals surface area contributed by atoms with Gasteiger partial charge in [0.2, 0.25) is 0 Å². The first-order valence-electron chi connectivity index (χ1n) is 1.77. The van der Waals surface area contributed by atoms with Gasteiger partial charge in [0.1, 0.15) is 4.04 Å². The molecule has 0 amide bonds. The molecule has 0 N–H and O–H groups in total. The molecule has 0 aliphatic carbocycles. The lowest BCUT2D eigenvalue weighted by Gasteiger charge is -1.87. The predicted octanol–water partition coefficient (Wildman–Crippen LogP) is 1.99. The second kappa shape index (κ2) is 2.34. The minimum Gasteiger partial charge on any atom is -0.131 e. The lowest BCUT2D eigenvalue weighted by molar-refractivity contribution is 1.59. The molecule has 0 aromatic heterocycles. The second-order valence-electron chi connectivity index (χ2n) is 1.02. The molecule has 0 bridgehead atoms. The number of hydrogen-bond acceptors (Lipinski definition) is 2. The van der Waals surface area contributed by atoms with Crippen LogP contribution in [-0.2, 0) is 0 Å². The normalized spacial score (nSPS) is 25.5. The maximum absolute atomic E-state index is 5.64. The van der Waals surface area contributed by atoms with Gasteiger partial charge in [-0.05, 0) is 0 Å². The van der Waals surface area contributed by atoms with Gasteiger partial charge in [-0.2, -0.15) is 0 Å². The molecule has 1 aliphatic rings. The van der Waals surface area contributed by atoms with Crippen molar-refractivity contribution in [2.24, 2.45) is 0 Å². The Bertz CT molecular complexity index is 42.1. The molecule has 6 heavy (non-hydrogen) atoms. The Balaban J connectivity index is 2.18. The molecule has 3 heteroatoms. The highest BCUT2D eigenvalue weighted by Crippen LogP contribution is 2.34. The molecule has 0 saturated carbocycles. The van der Waals surface area contributed by atoms with Crippen molar-refractivity contribution >= 4 is 35.1 Å². The molecule has 1 rings (SSSR count). The standard InChI is InChI=1S/C3H5ClS2/c4-3-5-1-2-6-3/h3H,1-2H2. The zero-order valence-electron chi connectivity index (χ0n) is 3.19. The summed E-state index contributed by atoms with van der Waals surface area (Å²) in [6.45, 7) is 0. The minimum absolute atomic E-state index is 0.352. The van der Waals surface area contributed by atoms with Crippen molar-refractivity contribution in [3.05, 3.63) is 0 Å². The maximum Gasteiger partial charge on any atom is 0.124 e. The molecule has 36 valence electrons. The largest absolute Gasteiger partial charge is 0.131 e. The van der Waals surface area contributed by atoms with Crippen molar-refractivity contribution in [2.45, 2.75) is 4.04 Å². The van der Waals surface area contributed by atoms with E-state index < -0.39 is 0 Å². The van der Waals surface area contributed by atoms with Crippen LogP contribution in [0.2, 0.25) is 0 Å². The van der Waals surface area contributed by atoms with Crippen molar-refractivity contribution in [3.8, 4) is 0 Å². The average molecular weight is 141 g/mol. The fourth-order valence-electron chi connectivity index (χ4n) is 0.330. The number of thioether (sulfide) groups is 2. The second-order valence-corrected chi connectivity index (χ2v) is 4.69. The monoisotopic (exact) mass is 140 g/mol. The van der Waals surface area contributed by atoms with Gasteiger partial charge in [-0.15, -0.1) is 23.5 Å². The molecule has 0 aromatic rings. The predicted molar refractivity (Wildman–Crippen MR) is 34.6 cm³/mol. The summed E-state index contributed by atoms with van der Waals surface area (Å²) >= 11 is 9.29. The third kappa shape index (κ3) is 1.24. The summed E-state index contributed by atoms with van der Waals surface area (Å²) in [7, 11) is 0. The van der Waals surface area contributed by atoms with Gasteiger partial charge in [0.15, 0.2) is 0 Å². The Kier molecular flexibility index (Phi) is 2.00. The molecule has 1 heterocycles. The van der Waals surface area contributed by atoms with E-state index in [2.05, 4.69) is 0 Å². The van der Waals surface area contributed by atoms with Crippen molar-refractivity contribution < 1.29 is 0 Å². The molecule has 0 spiro atoms. The van der Waals surface area contributed by atoms with Crippen LogP contribution in [0.4, 0.5) is 0 Å². The van der Waals surface area contributed by atoms with E-state index >= 15 is 0 Å². The average Bonchev–Trinajstić information content (AvgIpc) is 1.86. The molecule has 0 atom stereocenters. The highest BCUT2D eigenvalue weighted by atomic mass is 35.5. The van der Waals surface area contributed by atoms with Gasteiger partial charge in [0, 0.05) is 11.5 Å². The molecular weight excluding hydrogens is 136 g/mol. The van der Waals surface area contributed by atoms with E-state index in [1.54, 1.807) is 0 Å². The summed E-state index contributed by atoms with van der Waals surface area (Å²) in [5.74, 6) is 2.47. The lowest BCUT2D eigenvalue weighted by atomic mass is 11.0. The first-order valence-corrected chi connectivity index (χ1v) is 4.30. The smallest absolute Gasteiger partial charge is 0.124 e. The highest BCUT2D eigenvalue weighted by molar-refractivity contribution is 8.21. The van der Waals surface area contributed by atoms with Crippen LogP contribution < -0.4 is 0 Å². The van der Waals surface area contributed by atoms with Crippen LogP contribution in [0, 0.1) is 0 Å². The van der Waals surface area contributed by atoms with E-state index in [0.29, 0.717) is 4.04 Å². The van der Waals surface area contributed by atoms with Crippen LogP contribution in [0.25, 0.3) is 0 Å². The Morgan fingerprint density at radius 3 is 2.00 bits per heavy atom. The van der Waals surface area contributed by atoms with E-state index in [1.165, 1.54) is 11.5 Å². The lowest BCUT2D eigenvalue weighted by Crippen LogP contribution is -1.67. The van der Waals surface area contributed by atoms with Crippen LogP contribution in [-0.4, -0.2) is 15.5 Å². The fourth-order valence-corrected chi connectivity index (χ4v) is 2.97. The summed E-state index contributed by atoms with van der Waals surface area (Å²) in [6.07, 6.45) is 0. The summed E-state index contributed by atoms with van der Waals surface area (Å²) in [4.78, 5) is 0. The van der Waals surface area contributed by atoms with E-state index in [-0.39, 0.29) is 0 Å². The SMILES string of the molecule is ClC1SCCS1. The van der Waals surface area contributed by atoms with Gasteiger partial charge in [0.25, 0.3) is 0 Å². The van der Waals surface area contributed by atoms with E-state index in [9.17, 15) is 0 Å². The molecule has 0 nitrogen and oxygen atoms in total. The van der Waals surface area contributed by atoms with Crippen molar-refractivity contribution in [1.82, 2.24) is 0 Å². The molecule has 1 saturated heterocycles. The van der Waals surface area contributed by atoms with Crippen LogP contribution in [0.3, 0.4) is 0 Å². The highest BCUT2D eigenvalue weighted by Gasteiger charge is 2.10. The summed E-state index contributed by atoms with van der Waals surface area (Å²) < 4.78 is 0.352. The van der Waals surface area contributed by atoms with E-state index in [4.69, 9.17) is 11.6 Å². The number of alkyl halides is 1. The third-order valence-corrected chi connectivity index (χ3v) is 3.82. The Labute approximate surface area is 51.0 Å². The van der Waals surface area contributed by atoms with Crippen LogP contribution in [0.15, 0.2) is 0 Å². The maximum atomic E-state index is 5.64. The Morgan fingerprint density at radius 1 is 1.33 bits per heavy atom. The zero-order valence-corrected chi connectivity index (χ0v) is 5.57. The zero-order chi connectivity index (χ0) is 4.41. The van der Waals surface area contributed by atoms with Crippen molar-refractivity contribution in [1.29, 1.82) is 0 Å². The molecule has 0 aromatic carbocycles. The molecule has 0 unspecified atom stereocenters. The fraction of sp³-hybridized carbons (Fsp3) is 1.00. The van der Waals surface area contributed by atoms with Gasteiger partial charge in [-0.3, -0.25) is 0 Å². The van der Waals surface area contributed by atoms with Gasteiger partial charge < -0.3 is 0 Å². The quantitative estimate of drug-likeness (QED) is 0.472. The Hall–Kier alpha value is 0.990. The molecule has 1 aliphatic heterocycles. The minimum atomic E-state index is 0.352. The van der Waals surface area contributed by atoms with Gasteiger partial charge >= 0.3 is 0 Å². The third-order valence-electron chi connectivity index (χ3n) is 0.581. The van der Waals surface area contributed by atoms with Crippen molar-refractivity contribution in [3.63, 3.8) is 0 Å². The number of rotatable bonds is 0. The van der Waals surface area contributed by atoms with Crippen LogP contribution >= 0.6 is 35.1 Å². The molecule has 1 fully saturated rings. The van der Waals surface area contributed by atoms with E-state index in [0.717, 1.165) is 0 Å². The van der Waals surface area contributed by atoms with E-state index in [1.807, 2.05) is 23.5 Å². The summed E-state index contributed by atoms with van der Waals surface area (Å²) in [6, 6.07) is 0. The number of halogens is 1. The first-order chi connectivity index (χ1) is 2.89. The Morgan fingerprint density at radius 2 is 1.83 bits per heavy atom. The molecule has 0 radical (unpaired) electrons. The summed E-state index contributed by atoms with van der Waals surface area (Å²) in [5.41, 5.74) is 0. The van der Waals surface area contributed by atoms with Crippen LogP contribution in [0.5, 0.6) is 0 Å². The topological polar surface area (TPSA) is 0 Å². The van der Waals surface area contributed by atoms with Gasteiger partial charge in [0.05, 0.1) is 0 Å². The number of hydrogen-bond donors (Lipinski definition) is 0. The van der Waals surface area contributed by atoms with Crippen LogP contribution in [0.1, 0.15) is 0 Å². The summed E-state index contributed by atoms with van der Waals surface area (Å²) in [5, 5.41) is 0. The van der Waals surface area contributed by atoms with Crippen molar-refractivity contribution in [2.75, 3.05) is 11.5 Å². The molecular formula is C3H5ClS2.